The Labute approximate surface area is 175 Å². The number of rotatable bonds is 9. The first-order chi connectivity index (χ1) is 14.1. The van der Waals surface area contributed by atoms with Crippen LogP contribution in [0.15, 0.2) is 35.3 Å². The Morgan fingerprint density at radius 1 is 1.17 bits per heavy atom. The number of hydrogen-bond acceptors (Lipinski definition) is 4. The summed E-state index contributed by atoms with van der Waals surface area (Å²) in [6.45, 7) is 5.51. The van der Waals surface area contributed by atoms with Gasteiger partial charge in [-0.05, 0) is 31.7 Å². The molecule has 1 unspecified atom stereocenters. The third-order valence-corrected chi connectivity index (χ3v) is 7.02. The zero-order chi connectivity index (χ0) is 20.5. The summed E-state index contributed by atoms with van der Waals surface area (Å²) >= 11 is 0. The van der Waals surface area contributed by atoms with E-state index in [-0.39, 0.29) is 12.3 Å². The van der Waals surface area contributed by atoms with Crippen LogP contribution in [-0.2, 0) is 16.6 Å². The van der Waals surface area contributed by atoms with Gasteiger partial charge in [-0.2, -0.15) is 0 Å². The molecule has 1 saturated heterocycles. The molecule has 0 amide bonds. The minimum Gasteiger partial charge on any atom is -0.357 e. The normalized spacial score (nSPS) is 21.6. The van der Waals surface area contributed by atoms with Crippen molar-refractivity contribution in [1.29, 1.82) is 0 Å². The van der Waals surface area contributed by atoms with Gasteiger partial charge in [0.1, 0.15) is 0 Å². The summed E-state index contributed by atoms with van der Waals surface area (Å²) in [5, 5.41) is 6.74. The molecule has 7 nitrogen and oxygen atoms in total. The van der Waals surface area contributed by atoms with Gasteiger partial charge in [0.15, 0.2) is 5.96 Å². The highest BCUT2D eigenvalue weighted by Gasteiger charge is 2.30. The number of nitrogens with one attached hydrogen (secondary N) is 3. The van der Waals surface area contributed by atoms with Crippen molar-refractivity contribution in [3.63, 3.8) is 0 Å². The maximum atomic E-state index is 12.2. The molecule has 1 aliphatic heterocycles. The highest BCUT2D eigenvalue weighted by atomic mass is 32.2. The van der Waals surface area contributed by atoms with Gasteiger partial charge in [-0.15, -0.1) is 0 Å². The zero-order valence-electron chi connectivity index (χ0n) is 17.4. The van der Waals surface area contributed by atoms with E-state index in [9.17, 15) is 8.42 Å². The summed E-state index contributed by atoms with van der Waals surface area (Å²) < 4.78 is 27.1. The van der Waals surface area contributed by atoms with Gasteiger partial charge >= 0.3 is 0 Å². The van der Waals surface area contributed by atoms with Crippen LogP contribution in [0.4, 0.5) is 0 Å². The van der Waals surface area contributed by atoms with E-state index in [2.05, 4.69) is 25.2 Å². The van der Waals surface area contributed by atoms with Gasteiger partial charge in [0, 0.05) is 38.3 Å². The van der Waals surface area contributed by atoms with E-state index in [1.165, 1.54) is 25.7 Å². The van der Waals surface area contributed by atoms with Crippen LogP contribution in [0.3, 0.4) is 0 Å². The first kappa shape index (κ1) is 22.1. The van der Waals surface area contributed by atoms with Crippen molar-refractivity contribution < 1.29 is 8.42 Å². The van der Waals surface area contributed by atoms with E-state index in [1.54, 1.807) is 0 Å². The van der Waals surface area contributed by atoms with Crippen molar-refractivity contribution in [2.24, 2.45) is 4.99 Å². The van der Waals surface area contributed by atoms with Crippen LogP contribution >= 0.6 is 0 Å². The highest BCUT2D eigenvalue weighted by Crippen LogP contribution is 2.26. The van der Waals surface area contributed by atoms with Gasteiger partial charge in [0.25, 0.3) is 0 Å². The number of nitrogens with zero attached hydrogens (tertiary/aromatic N) is 2. The zero-order valence-corrected chi connectivity index (χ0v) is 18.3. The van der Waals surface area contributed by atoms with Crippen LogP contribution in [0.25, 0.3) is 0 Å². The molecule has 162 valence electrons. The average molecular weight is 422 g/mol. The Kier molecular flexibility index (Phi) is 8.32. The van der Waals surface area contributed by atoms with E-state index in [1.807, 2.05) is 37.3 Å². The van der Waals surface area contributed by atoms with Crippen LogP contribution < -0.4 is 15.4 Å². The van der Waals surface area contributed by atoms with E-state index in [0.29, 0.717) is 18.5 Å². The van der Waals surface area contributed by atoms with Crippen molar-refractivity contribution >= 4 is 16.0 Å². The molecular weight excluding hydrogens is 386 g/mol. The predicted octanol–water partition coefficient (Wildman–Crippen LogP) is 1.68. The van der Waals surface area contributed by atoms with Gasteiger partial charge in [-0.1, -0.05) is 43.2 Å². The number of aliphatic imine (C=N–C) groups is 1. The van der Waals surface area contributed by atoms with Gasteiger partial charge in [0.2, 0.25) is 10.0 Å². The maximum absolute atomic E-state index is 12.2. The van der Waals surface area contributed by atoms with Gasteiger partial charge in [-0.25, -0.2) is 13.1 Å². The molecule has 1 aliphatic carbocycles. The molecule has 0 aromatic heterocycles. The first-order valence-electron chi connectivity index (χ1n) is 10.9. The summed E-state index contributed by atoms with van der Waals surface area (Å²) in [6.07, 6.45) is 6.48. The third-order valence-electron chi connectivity index (χ3n) is 5.71. The molecule has 0 bridgehead atoms. The third kappa shape index (κ3) is 7.28. The molecular formula is C21H35N5O2S. The van der Waals surface area contributed by atoms with Crippen LogP contribution in [0.2, 0.25) is 0 Å². The summed E-state index contributed by atoms with van der Waals surface area (Å²) in [6, 6.07) is 10.7. The summed E-state index contributed by atoms with van der Waals surface area (Å²) in [5.41, 5.74) is 0.947. The summed E-state index contributed by atoms with van der Waals surface area (Å²) in [4.78, 5) is 7.10. The molecule has 3 N–H and O–H groups in total. The van der Waals surface area contributed by atoms with E-state index in [0.717, 1.165) is 37.7 Å². The highest BCUT2D eigenvalue weighted by molar-refractivity contribution is 7.89. The van der Waals surface area contributed by atoms with Crippen molar-refractivity contribution in [2.75, 3.05) is 31.9 Å². The van der Waals surface area contributed by atoms with Crippen molar-refractivity contribution in [2.45, 2.75) is 57.7 Å². The standard InChI is InChI=1S/C21H35N5O2S/c1-2-22-21(25-19-12-14-26(17-19)20-10-6-7-11-20)23-13-15-29(27,28)24-16-18-8-4-3-5-9-18/h3-5,8-9,19-20,24H,2,6-7,10-17H2,1H3,(H2,22,23,25). The fourth-order valence-electron chi connectivity index (χ4n) is 4.16. The number of guanidine groups is 1. The lowest BCUT2D eigenvalue weighted by Gasteiger charge is -2.24. The minimum atomic E-state index is -3.36. The molecule has 1 saturated carbocycles. The fraction of sp³-hybridized carbons (Fsp3) is 0.667. The van der Waals surface area contributed by atoms with Crippen LogP contribution in [0.1, 0.15) is 44.6 Å². The Balaban J connectivity index is 1.44. The molecule has 1 atom stereocenters. The predicted molar refractivity (Wildman–Crippen MR) is 118 cm³/mol. The smallest absolute Gasteiger partial charge is 0.213 e. The van der Waals surface area contributed by atoms with Gasteiger partial charge in [-0.3, -0.25) is 9.89 Å². The Bertz CT molecular complexity index is 748. The number of sulfonamides is 1. The maximum Gasteiger partial charge on any atom is 0.213 e. The van der Waals surface area contributed by atoms with E-state index in [4.69, 9.17) is 0 Å². The summed E-state index contributed by atoms with van der Waals surface area (Å²) in [5.74, 6) is 0.693. The Hall–Kier alpha value is -1.64. The molecule has 2 aliphatic rings. The molecule has 29 heavy (non-hydrogen) atoms. The van der Waals surface area contributed by atoms with E-state index >= 15 is 0 Å². The summed E-state index contributed by atoms with van der Waals surface area (Å²) in [7, 11) is -3.36. The molecule has 3 rings (SSSR count). The monoisotopic (exact) mass is 421 g/mol. The second-order valence-electron chi connectivity index (χ2n) is 7.95. The quantitative estimate of drug-likeness (QED) is 0.417. The number of hydrogen-bond donors (Lipinski definition) is 3. The molecule has 1 aromatic rings. The lowest BCUT2D eigenvalue weighted by molar-refractivity contribution is 0.242. The molecule has 0 radical (unpaired) electrons. The topological polar surface area (TPSA) is 85.8 Å². The largest absolute Gasteiger partial charge is 0.357 e. The van der Waals surface area contributed by atoms with E-state index < -0.39 is 10.0 Å². The van der Waals surface area contributed by atoms with Crippen LogP contribution in [0, 0.1) is 0 Å². The second-order valence-corrected chi connectivity index (χ2v) is 9.88. The molecule has 1 aromatic carbocycles. The lowest BCUT2D eigenvalue weighted by atomic mass is 10.2. The SMILES string of the molecule is CCNC(=NCCS(=O)(=O)NCc1ccccc1)NC1CCN(C2CCCC2)C1. The fourth-order valence-corrected chi connectivity index (χ4v) is 5.02. The van der Waals surface area contributed by atoms with Crippen molar-refractivity contribution in [3.05, 3.63) is 35.9 Å². The lowest BCUT2D eigenvalue weighted by Crippen LogP contribution is -2.45. The Morgan fingerprint density at radius 3 is 2.66 bits per heavy atom. The molecule has 1 heterocycles. The first-order valence-corrected chi connectivity index (χ1v) is 12.5. The minimum absolute atomic E-state index is 0.0186. The second kappa shape index (κ2) is 10.9. The van der Waals surface area contributed by atoms with Gasteiger partial charge in [0.05, 0.1) is 12.3 Å². The number of benzene rings is 1. The Morgan fingerprint density at radius 2 is 1.93 bits per heavy atom. The van der Waals surface area contributed by atoms with Crippen LogP contribution in [-0.4, -0.2) is 63.3 Å². The molecule has 0 spiro atoms. The van der Waals surface area contributed by atoms with Crippen LogP contribution in [0.5, 0.6) is 0 Å². The average Bonchev–Trinajstić information content (AvgIpc) is 3.39. The van der Waals surface area contributed by atoms with Gasteiger partial charge < -0.3 is 10.6 Å². The van der Waals surface area contributed by atoms with Crippen molar-refractivity contribution in [3.8, 4) is 0 Å². The molecule has 8 heteroatoms. The number of likely N-dealkylation sites (tertiary alicyclic amines) is 1. The molecule has 2 fully saturated rings. The van der Waals surface area contributed by atoms with Crippen molar-refractivity contribution in [1.82, 2.24) is 20.3 Å².